The number of carbonyl (C=O) groups is 1. The lowest BCUT2D eigenvalue weighted by Gasteiger charge is -2.07. The van der Waals surface area contributed by atoms with E-state index in [1.165, 1.54) is 24.3 Å². The fourth-order valence-corrected chi connectivity index (χ4v) is 2.52. The van der Waals surface area contributed by atoms with Crippen molar-refractivity contribution in [2.45, 2.75) is 6.54 Å². The van der Waals surface area contributed by atoms with Gasteiger partial charge in [-0.05, 0) is 64.5 Å². The van der Waals surface area contributed by atoms with Crippen molar-refractivity contribution in [1.82, 2.24) is 9.78 Å². The van der Waals surface area contributed by atoms with Gasteiger partial charge in [-0.25, -0.2) is 4.39 Å². The van der Waals surface area contributed by atoms with Crippen molar-refractivity contribution >= 4 is 21.7 Å². The molecule has 3 rings (SSSR count). The third kappa shape index (κ3) is 4.08. The van der Waals surface area contributed by atoms with E-state index >= 15 is 0 Å². The van der Waals surface area contributed by atoms with E-state index in [-0.39, 0.29) is 11.6 Å². The molecule has 0 atom stereocenters. The van der Waals surface area contributed by atoms with Gasteiger partial charge in [0.15, 0.2) is 5.78 Å². The third-order valence-corrected chi connectivity index (χ3v) is 3.82. The van der Waals surface area contributed by atoms with E-state index in [4.69, 9.17) is 4.74 Å². The SMILES string of the molecule is O=C(c1ccc(F)cc1)c1ccc(OCCn2cc(Br)cn2)cc1. The molecular formula is C18H14BrFN2O2. The van der Waals surface area contributed by atoms with Gasteiger partial charge in [-0.2, -0.15) is 5.10 Å². The van der Waals surface area contributed by atoms with Crippen molar-refractivity contribution in [2.75, 3.05) is 6.61 Å². The minimum absolute atomic E-state index is 0.150. The number of nitrogens with zero attached hydrogens (tertiary/aromatic N) is 2. The second-order valence-electron chi connectivity index (χ2n) is 5.13. The van der Waals surface area contributed by atoms with Crippen LogP contribution in [0.5, 0.6) is 5.75 Å². The van der Waals surface area contributed by atoms with Gasteiger partial charge in [0, 0.05) is 17.3 Å². The highest BCUT2D eigenvalue weighted by molar-refractivity contribution is 9.10. The molecule has 0 saturated heterocycles. The quantitative estimate of drug-likeness (QED) is 0.597. The van der Waals surface area contributed by atoms with Crippen molar-refractivity contribution in [2.24, 2.45) is 0 Å². The Kier molecular flexibility index (Phi) is 5.05. The zero-order valence-electron chi connectivity index (χ0n) is 12.7. The van der Waals surface area contributed by atoms with Crippen molar-refractivity contribution in [3.05, 3.63) is 82.3 Å². The first-order valence-corrected chi connectivity index (χ1v) is 8.12. The maximum Gasteiger partial charge on any atom is 0.193 e. The van der Waals surface area contributed by atoms with E-state index in [0.717, 1.165) is 4.47 Å². The average molecular weight is 389 g/mol. The molecule has 6 heteroatoms. The van der Waals surface area contributed by atoms with Crippen LogP contribution in [0.3, 0.4) is 0 Å². The van der Waals surface area contributed by atoms with Crippen LogP contribution in [0.15, 0.2) is 65.4 Å². The van der Waals surface area contributed by atoms with Crippen LogP contribution < -0.4 is 4.74 Å². The summed E-state index contributed by atoms with van der Waals surface area (Å²) in [7, 11) is 0. The molecule has 0 N–H and O–H groups in total. The van der Waals surface area contributed by atoms with Gasteiger partial charge in [0.2, 0.25) is 0 Å². The predicted molar refractivity (Wildman–Crippen MR) is 91.7 cm³/mol. The van der Waals surface area contributed by atoms with E-state index in [2.05, 4.69) is 21.0 Å². The smallest absolute Gasteiger partial charge is 0.193 e. The molecule has 0 spiro atoms. The molecule has 0 radical (unpaired) electrons. The van der Waals surface area contributed by atoms with Crippen molar-refractivity contribution in [1.29, 1.82) is 0 Å². The summed E-state index contributed by atoms with van der Waals surface area (Å²) in [6.45, 7) is 1.10. The highest BCUT2D eigenvalue weighted by Crippen LogP contribution is 2.16. The summed E-state index contributed by atoms with van der Waals surface area (Å²) in [5.41, 5.74) is 0.985. The van der Waals surface area contributed by atoms with Crippen LogP contribution >= 0.6 is 15.9 Å². The molecule has 0 aliphatic carbocycles. The fraction of sp³-hybridized carbons (Fsp3) is 0.111. The number of hydrogen-bond donors (Lipinski definition) is 0. The molecule has 0 aliphatic heterocycles. The Hall–Kier alpha value is -2.47. The molecule has 0 fully saturated rings. The Bertz CT molecular complexity index is 829. The van der Waals surface area contributed by atoms with Crippen LogP contribution in [0.2, 0.25) is 0 Å². The Morgan fingerprint density at radius 2 is 1.71 bits per heavy atom. The first-order chi connectivity index (χ1) is 11.6. The zero-order valence-corrected chi connectivity index (χ0v) is 14.2. The lowest BCUT2D eigenvalue weighted by atomic mass is 10.0. The van der Waals surface area contributed by atoms with Gasteiger partial charge in [-0.3, -0.25) is 9.48 Å². The summed E-state index contributed by atoms with van der Waals surface area (Å²) < 4.78 is 21.2. The van der Waals surface area contributed by atoms with Gasteiger partial charge in [0.05, 0.1) is 17.2 Å². The zero-order chi connectivity index (χ0) is 16.9. The van der Waals surface area contributed by atoms with Crippen LogP contribution in [0.1, 0.15) is 15.9 Å². The molecule has 0 saturated carbocycles. The van der Waals surface area contributed by atoms with Gasteiger partial charge in [0.1, 0.15) is 18.2 Å². The van der Waals surface area contributed by atoms with E-state index < -0.39 is 0 Å². The number of ether oxygens (including phenoxy) is 1. The van der Waals surface area contributed by atoms with Gasteiger partial charge < -0.3 is 4.74 Å². The largest absolute Gasteiger partial charge is 0.492 e. The minimum Gasteiger partial charge on any atom is -0.492 e. The summed E-state index contributed by atoms with van der Waals surface area (Å²) in [6.07, 6.45) is 3.59. The molecule has 0 unspecified atom stereocenters. The maximum atomic E-state index is 12.9. The summed E-state index contributed by atoms with van der Waals surface area (Å²) in [4.78, 5) is 12.3. The lowest BCUT2D eigenvalue weighted by molar-refractivity contribution is 0.103. The van der Waals surface area contributed by atoms with Crippen LogP contribution in [0.25, 0.3) is 0 Å². The molecule has 24 heavy (non-hydrogen) atoms. The number of rotatable bonds is 6. The normalized spacial score (nSPS) is 10.6. The molecular weight excluding hydrogens is 375 g/mol. The topological polar surface area (TPSA) is 44.1 Å². The standard InChI is InChI=1S/C18H14BrFN2O2/c19-15-11-21-22(12-15)9-10-24-17-7-3-14(4-8-17)18(23)13-1-5-16(20)6-2-13/h1-8,11-12H,9-10H2. The Labute approximate surface area is 147 Å². The van der Waals surface area contributed by atoms with Crippen LogP contribution in [-0.2, 0) is 6.54 Å². The molecule has 2 aromatic carbocycles. The molecule has 3 aromatic rings. The van der Waals surface area contributed by atoms with Gasteiger partial charge in [0.25, 0.3) is 0 Å². The minimum atomic E-state index is -0.362. The van der Waals surface area contributed by atoms with E-state index in [1.807, 2.05) is 6.20 Å². The van der Waals surface area contributed by atoms with Crippen LogP contribution in [0, 0.1) is 5.82 Å². The third-order valence-electron chi connectivity index (χ3n) is 3.41. The van der Waals surface area contributed by atoms with Crippen molar-refractivity contribution in [3.63, 3.8) is 0 Å². The highest BCUT2D eigenvalue weighted by Gasteiger charge is 2.09. The van der Waals surface area contributed by atoms with Crippen molar-refractivity contribution in [3.8, 4) is 5.75 Å². The number of carbonyl (C=O) groups excluding carboxylic acids is 1. The summed E-state index contributed by atoms with van der Waals surface area (Å²) in [5.74, 6) is 0.166. The van der Waals surface area contributed by atoms with Gasteiger partial charge >= 0.3 is 0 Å². The summed E-state index contributed by atoms with van der Waals surface area (Å²) in [5, 5.41) is 4.14. The molecule has 122 valence electrons. The lowest BCUT2D eigenvalue weighted by Crippen LogP contribution is -2.08. The average Bonchev–Trinajstić information content (AvgIpc) is 3.01. The monoisotopic (exact) mass is 388 g/mol. The number of aromatic nitrogens is 2. The maximum absolute atomic E-state index is 12.9. The van der Waals surface area contributed by atoms with E-state index in [1.54, 1.807) is 35.1 Å². The van der Waals surface area contributed by atoms with E-state index in [0.29, 0.717) is 30.0 Å². The molecule has 1 heterocycles. The van der Waals surface area contributed by atoms with Crippen LogP contribution in [0.4, 0.5) is 4.39 Å². The predicted octanol–water partition coefficient (Wildman–Crippen LogP) is 4.09. The second-order valence-corrected chi connectivity index (χ2v) is 6.05. The summed E-state index contributed by atoms with van der Waals surface area (Å²) >= 11 is 3.34. The van der Waals surface area contributed by atoms with E-state index in [9.17, 15) is 9.18 Å². The van der Waals surface area contributed by atoms with Crippen LogP contribution in [-0.4, -0.2) is 22.2 Å². The number of ketones is 1. The fourth-order valence-electron chi connectivity index (χ4n) is 2.19. The number of hydrogen-bond acceptors (Lipinski definition) is 3. The first-order valence-electron chi connectivity index (χ1n) is 7.33. The molecule has 1 aromatic heterocycles. The van der Waals surface area contributed by atoms with Crippen molar-refractivity contribution < 1.29 is 13.9 Å². The molecule has 0 aliphatic rings. The van der Waals surface area contributed by atoms with Gasteiger partial charge in [-0.15, -0.1) is 0 Å². The number of halogens is 2. The second kappa shape index (κ2) is 7.40. The Morgan fingerprint density at radius 3 is 2.29 bits per heavy atom. The molecule has 0 amide bonds. The van der Waals surface area contributed by atoms with Gasteiger partial charge in [-0.1, -0.05) is 0 Å². The molecule has 4 nitrogen and oxygen atoms in total. The Morgan fingerprint density at radius 1 is 1.08 bits per heavy atom. The number of benzene rings is 2. The Balaban J connectivity index is 1.58. The molecule has 0 bridgehead atoms. The summed E-state index contributed by atoms with van der Waals surface area (Å²) in [6, 6.07) is 12.4. The first kappa shape index (κ1) is 16.4. The highest BCUT2D eigenvalue weighted by atomic mass is 79.9.